The summed E-state index contributed by atoms with van der Waals surface area (Å²) in [6, 6.07) is 0.866. The van der Waals surface area contributed by atoms with Gasteiger partial charge in [0.15, 0.2) is 5.82 Å². The monoisotopic (exact) mass is 385 g/mol. The molecule has 0 aliphatic carbocycles. The van der Waals surface area contributed by atoms with Crippen LogP contribution < -0.4 is 0 Å². The summed E-state index contributed by atoms with van der Waals surface area (Å²) >= 11 is 5.59. The maximum absolute atomic E-state index is 12.8. The average molecular weight is 386 g/mol. The highest BCUT2D eigenvalue weighted by Gasteiger charge is 2.37. The zero-order valence-electron chi connectivity index (χ0n) is 11.7. The molecule has 5 nitrogen and oxygen atoms in total. The summed E-state index contributed by atoms with van der Waals surface area (Å²) in [5, 5.41) is 11.7. The Balaban J connectivity index is 2.56. The molecule has 134 valence electrons. The molecule has 2 rings (SSSR count). The fourth-order valence-corrected chi connectivity index (χ4v) is 1.93. The van der Waals surface area contributed by atoms with Crippen LogP contribution >= 0.6 is 11.6 Å². The van der Waals surface area contributed by atoms with E-state index in [-0.39, 0.29) is 6.07 Å². The summed E-state index contributed by atoms with van der Waals surface area (Å²) in [6.07, 6.45) is -8.66. The summed E-state index contributed by atoms with van der Waals surface area (Å²) in [4.78, 5) is 14.1. The fourth-order valence-electron chi connectivity index (χ4n) is 1.75. The highest BCUT2D eigenvalue weighted by atomic mass is 35.5. The van der Waals surface area contributed by atoms with Gasteiger partial charge in [0.2, 0.25) is 0 Å². The van der Waals surface area contributed by atoms with Crippen molar-refractivity contribution in [3.8, 4) is 11.4 Å². The van der Waals surface area contributed by atoms with Gasteiger partial charge in [-0.05, 0) is 18.2 Å². The largest absolute Gasteiger partial charge is 0.478 e. The van der Waals surface area contributed by atoms with Gasteiger partial charge in [0, 0.05) is 5.56 Å². The number of benzene rings is 1. The van der Waals surface area contributed by atoms with E-state index in [1.807, 2.05) is 0 Å². The predicted octanol–water partition coefficient (Wildman–Crippen LogP) is 4.10. The van der Waals surface area contributed by atoms with Crippen molar-refractivity contribution in [3.63, 3.8) is 0 Å². The van der Waals surface area contributed by atoms with Crippen LogP contribution in [0.15, 0.2) is 30.6 Å². The molecule has 0 saturated heterocycles. The van der Waals surface area contributed by atoms with Crippen LogP contribution in [-0.4, -0.2) is 25.8 Å². The molecule has 1 aromatic carbocycles. The lowest BCUT2D eigenvalue weighted by Gasteiger charge is -2.13. The number of rotatable bonds is 3. The summed E-state index contributed by atoms with van der Waals surface area (Å²) in [7, 11) is 0. The Labute approximate surface area is 140 Å². The highest BCUT2D eigenvalue weighted by molar-refractivity contribution is 6.46. The molecule has 1 heterocycles. The zero-order chi connectivity index (χ0) is 19.0. The lowest BCUT2D eigenvalue weighted by molar-refractivity contribution is -0.143. The van der Waals surface area contributed by atoms with Crippen LogP contribution in [0, 0.1) is 0 Å². The van der Waals surface area contributed by atoms with Gasteiger partial charge in [0.1, 0.15) is 11.5 Å². The Morgan fingerprint density at radius 2 is 1.60 bits per heavy atom. The first kappa shape index (κ1) is 18.8. The minimum absolute atomic E-state index is 0.0300. The van der Waals surface area contributed by atoms with Gasteiger partial charge in [-0.2, -0.15) is 26.3 Å². The van der Waals surface area contributed by atoms with E-state index in [4.69, 9.17) is 16.7 Å². The van der Waals surface area contributed by atoms with Crippen molar-refractivity contribution in [2.24, 2.45) is 0 Å². The van der Waals surface area contributed by atoms with Crippen LogP contribution in [0.25, 0.3) is 16.5 Å². The summed E-state index contributed by atoms with van der Waals surface area (Å²) in [5.41, 5.74) is -3.61. The third-order valence-electron chi connectivity index (χ3n) is 2.80. The number of hydrogen-bond donors (Lipinski definition) is 1. The number of aliphatic carboxylic acids is 1. The molecule has 0 spiro atoms. The van der Waals surface area contributed by atoms with Crippen molar-refractivity contribution < 1.29 is 36.2 Å². The lowest BCUT2D eigenvalue weighted by atomic mass is 10.0. The first-order chi connectivity index (χ1) is 11.4. The Morgan fingerprint density at radius 1 is 1.08 bits per heavy atom. The van der Waals surface area contributed by atoms with Crippen LogP contribution in [0.3, 0.4) is 0 Å². The number of halogens is 7. The molecular weight excluding hydrogens is 380 g/mol. The van der Waals surface area contributed by atoms with Gasteiger partial charge >= 0.3 is 18.3 Å². The van der Waals surface area contributed by atoms with E-state index in [0.29, 0.717) is 22.9 Å². The van der Waals surface area contributed by atoms with Crippen molar-refractivity contribution in [2.45, 2.75) is 12.4 Å². The zero-order valence-corrected chi connectivity index (χ0v) is 12.5. The molecule has 1 N–H and O–H groups in total. The van der Waals surface area contributed by atoms with E-state index >= 15 is 0 Å². The third kappa shape index (κ3) is 4.50. The second kappa shape index (κ2) is 6.39. The second-order valence-electron chi connectivity index (χ2n) is 4.61. The molecule has 0 saturated carbocycles. The van der Waals surface area contributed by atoms with E-state index in [1.54, 1.807) is 0 Å². The minimum Gasteiger partial charge on any atom is -0.478 e. The molecule has 0 atom stereocenters. The van der Waals surface area contributed by atoms with Gasteiger partial charge in [-0.25, -0.2) is 14.5 Å². The van der Waals surface area contributed by atoms with Gasteiger partial charge in [-0.3, -0.25) is 0 Å². The van der Waals surface area contributed by atoms with E-state index in [9.17, 15) is 31.1 Å². The number of aromatic nitrogens is 3. The van der Waals surface area contributed by atoms with Crippen LogP contribution in [-0.2, 0) is 17.1 Å². The van der Waals surface area contributed by atoms with Gasteiger partial charge in [-0.1, -0.05) is 11.6 Å². The van der Waals surface area contributed by atoms with Crippen LogP contribution in [0.2, 0.25) is 0 Å². The molecule has 0 radical (unpaired) electrons. The normalized spacial score (nSPS) is 13.2. The van der Waals surface area contributed by atoms with Gasteiger partial charge in [0.05, 0.1) is 17.2 Å². The molecule has 1 aromatic heterocycles. The standard InChI is InChI=1S/C13H6ClF6N3O2/c14-9(4-10(24)25)23-5-21-11(22-23)6-1-7(12(15,16)17)3-8(2-6)13(18,19)20/h1-5H,(H,24,25)/b9-4-. The van der Waals surface area contributed by atoms with Crippen molar-refractivity contribution in [1.82, 2.24) is 14.8 Å². The van der Waals surface area contributed by atoms with Crippen molar-refractivity contribution in [2.75, 3.05) is 0 Å². The maximum atomic E-state index is 12.8. The van der Waals surface area contributed by atoms with E-state index in [0.717, 1.165) is 6.33 Å². The molecule has 25 heavy (non-hydrogen) atoms. The van der Waals surface area contributed by atoms with E-state index < -0.39 is 46.0 Å². The summed E-state index contributed by atoms with van der Waals surface area (Å²) in [6.45, 7) is 0. The highest BCUT2D eigenvalue weighted by Crippen LogP contribution is 2.38. The SMILES string of the molecule is O=C(O)/C=C(/Cl)n1cnc(-c2cc(C(F)(F)F)cc(C(F)(F)F)c2)n1. The van der Waals surface area contributed by atoms with Gasteiger partial charge in [-0.15, -0.1) is 5.10 Å². The topological polar surface area (TPSA) is 68.0 Å². The van der Waals surface area contributed by atoms with Gasteiger partial charge in [0.25, 0.3) is 0 Å². The first-order valence-corrected chi connectivity index (χ1v) is 6.58. The molecule has 2 aromatic rings. The average Bonchev–Trinajstić information content (AvgIpc) is 2.94. The predicted molar refractivity (Wildman–Crippen MR) is 73.2 cm³/mol. The first-order valence-electron chi connectivity index (χ1n) is 6.20. The van der Waals surface area contributed by atoms with Crippen molar-refractivity contribution in [1.29, 1.82) is 0 Å². The van der Waals surface area contributed by atoms with E-state index in [1.165, 1.54) is 0 Å². The smallest absolute Gasteiger partial charge is 0.416 e. The number of nitrogens with zero attached hydrogens (tertiary/aromatic N) is 3. The number of carboxylic acids is 1. The molecule has 0 unspecified atom stereocenters. The number of hydrogen-bond acceptors (Lipinski definition) is 3. The Hall–Kier alpha value is -2.56. The molecule has 0 amide bonds. The number of carboxylic acid groups (broad SMARTS) is 1. The fraction of sp³-hybridized carbons (Fsp3) is 0.154. The molecule has 12 heteroatoms. The molecule has 0 aliphatic heterocycles. The molecular formula is C13H6ClF6N3O2. The third-order valence-corrected chi connectivity index (χ3v) is 3.08. The van der Waals surface area contributed by atoms with E-state index in [2.05, 4.69) is 10.1 Å². The second-order valence-corrected chi connectivity index (χ2v) is 5.00. The molecule has 0 fully saturated rings. The van der Waals surface area contributed by atoms with Gasteiger partial charge < -0.3 is 5.11 Å². The summed E-state index contributed by atoms with van der Waals surface area (Å²) < 4.78 is 77.6. The number of carbonyl (C=O) groups is 1. The van der Waals surface area contributed by atoms with Crippen LogP contribution in [0.4, 0.5) is 26.3 Å². The number of alkyl halides is 6. The Bertz CT molecular complexity index is 809. The lowest BCUT2D eigenvalue weighted by Crippen LogP contribution is -2.11. The molecule has 0 aliphatic rings. The maximum Gasteiger partial charge on any atom is 0.416 e. The minimum atomic E-state index is -5.01. The van der Waals surface area contributed by atoms with Crippen LogP contribution in [0.1, 0.15) is 11.1 Å². The van der Waals surface area contributed by atoms with Crippen molar-refractivity contribution >= 4 is 22.7 Å². The quantitative estimate of drug-likeness (QED) is 0.638. The van der Waals surface area contributed by atoms with Crippen LogP contribution in [0.5, 0.6) is 0 Å². The Kier molecular flexibility index (Phi) is 4.80. The van der Waals surface area contributed by atoms with Crippen molar-refractivity contribution in [3.05, 3.63) is 41.7 Å². The Morgan fingerprint density at radius 3 is 2.04 bits per heavy atom. The molecule has 0 bridgehead atoms. The summed E-state index contributed by atoms with van der Waals surface area (Å²) in [5.74, 6) is -1.92.